The Bertz CT molecular complexity index is 1960. The van der Waals surface area contributed by atoms with Gasteiger partial charge in [0.1, 0.15) is 17.8 Å². The molecule has 4 heterocycles. The second-order valence-corrected chi connectivity index (χ2v) is 13.2. The van der Waals surface area contributed by atoms with E-state index in [-0.39, 0.29) is 37.4 Å². The lowest BCUT2D eigenvalue weighted by atomic mass is 9.86. The van der Waals surface area contributed by atoms with Crippen LogP contribution in [0.4, 0.5) is 22.2 Å². The van der Waals surface area contributed by atoms with Gasteiger partial charge in [-0.25, -0.2) is 9.78 Å². The van der Waals surface area contributed by atoms with Crippen LogP contribution in [0.3, 0.4) is 0 Å². The third kappa shape index (κ3) is 7.10. The van der Waals surface area contributed by atoms with Crippen LogP contribution in [0.15, 0.2) is 91.5 Å². The van der Waals surface area contributed by atoms with E-state index in [0.717, 1.165) is 0 Å². The molecule has 1 aliphatic carbocycles. The Labute approximate surface area is 300 Å². The van der Waals surface area contributed by atoms with E-state index >= 15 is 0 Å². The van der Waals surface area contributed by atoms with Crippen molar-refractivity contribution in [3.63, 3.8) is 0 Å². The molecule has 2 aromatic carbocycles. The van der Waals surface area contributed by atoms with E-state index in [0.29, 0.717) is 59.3 Å². The SMILES string of the molecule is CCC(=O)N[C@H]1C[C@@H](n2cnc3c(NCC(O)(c4ccccc4)c4ccccc4)nc(N4CCC(NC(=O)Nc5cccnc5)C4)nc32)[C@H](O)[C@@H]1O. The molecule has 2 aliphatic rings. The Morgan fingerprint density at radius 3 is 2.35 bits per heavy atom. The number of hydrogen-bond donors (Lipinski definition) is 7. The highest BCUT2D eigenvalue weighted by Gasteiger charge is 2.44. The molecule has 270 valence electrons. The molecule has 0 spiro atoms. The molecule has 7 N–H and O–H groups in total. The summed E-state index contributed by atoms with van der Waals surface area (Å²) in [4.78, 5) is 45.4. The van der Waals surface area contributed by atoms with Gasteiger partial charge in [-0.2, -0.15) is 9.97 Å². The van der Waals surface area contributed by atoms with Gasteiger partial charge in [0.25, 0.3) is 0 Å². The van der Waals surface area contributed by atoms with E-state index in [4.69, 9.17) is 9.97 Å². The molecule has 15 nitrogen and oxygen atoms in total. The molecule has 3 amide bonds. The number of pyridine rings is 1. The lowest BCUT2D eigenvalue weighted by Gasteiger charge is -2.30. The van der Waals surface area contributed by atoms with E-state index in [1.165, 1.54) is 0 Å². The Balaban J connectivity index is 1.20. The fourth-order valence-electron chi connectivity index (χ4n) is 7.01. The number of benzene rings is 2. The normalized spacial score (nSPS) is 21.6. The molecule has 3 aromatic heterocycles. The van der Waals surface area contributed by atoms with Crippen molar-refractivity contribution in [2.24, 2.45) is 0 Å². The highest BCUT2D eigenvalue weighted by atomic mass is 16.3. The molecule has 1 saturated carbocycles. The fourth-order valence-corrected chi connectivity index (χ4v) is 7.01. The number of carbonyl (C=O) groups excluding carboxylic acids is 2. The van der Waals surface area contributed by atoms with E-state index in [1.54, 1.807) is 42.3 Å². The molecule has 2 fully saturated rings. The molecular formula is C37H42N10O5. The molecular weight excluding hydrogens is 664 g/mol. The van der Waals surface area contributed by atoms with Crippen LogP contribution in [0.5, 0.6) is 0 Å². The molecule has 52 heavy (non-hydrogen) atoms. The summed E-state index contributed by atoms with van der Waals surface area (Å²) in [6, 6.07) is 20.4. The summed E-state index contributed by atoms with van der Waals surface area (Å²) in [5, 5.41) is 46.3. The summed E-state index contributed by atoms with van der Waals surface area (Å²) < 4.78 is 1.71. The Hall–Kier alpha value is -5.64. The van der Waals surface area contributed by atoms with Crippen molar-refractivity contribution in [2.75, 3.05) is 35.2 Å². The van der Waals surface area contributed by atoms with Crippen LogP contribution in [0.25, 0.3) is 11.2 Å². The van der Waals surface area contributed by atoms with Crippen LogP contribution in [0.1, 0.15) is 43.4 Å². The number of rotatable bonds is 11. The molecule has 5 aromatic rings. The minimum atomic E-state index is -1.44. The number of fused-ring (bicyclic) bond motifs is 1. The van der Waals surface area contributed by atoms with Gasteiger partial charge >= 0.3 is 6.03 Å². The number of anilines is 3. The first-order chi connectivity index (χ1) is 25.2. The highest BCUT2D eigenvalue weighted by molar-refractivity contribution is 5.89. The van der Waals surface area contributed by atoms with Gasteiger partial charge < -0.3 is 46.1 Å². The first kappa shape index (κ1) is 34.8. The van der Waals surface area contributed by atoms with Gasteiger partial charge in [-0.3, -0.25) is 9.78 Å². The number of imidazole rings is 1. The molecule has 15 heteroatoms. The second kappa shape index (κ2) is 14.9. The quantitative estimate of drug-likeness (QED) is 0.106. The number of hydrogen-bond acceptors (Lipinski definition) is 11. The topological polar surface area (TPSA) is 203 Å². The van der Waals surface area contributed by atoms with E-state index in [9.17, 15) is 24.9 Å². The largest absolute Gasteiger partial charge is 0.388 e. The number of nitrogens with zero attached hydrogens (tertiary/aromatic N) is 6. The molecule has 5 atom stereocenters. The van der Waals surface area contributed by atoms with Crippen molar-refractivity contribution < 1.29 is 24.9 Å². The molecule has 0 bridgehead atoms. The summed E-state index contributed by atoms with van der Waals surface area (Å²) in [5.41, 5.74) is 1.31. The zero-order chi connectivity index (χ0) is 36.2. The fraction of sp³-hybridized carbons (Fsp3) is 0.351. The first-order valence-corrected chi connectivity index (χ1v) is 17.4. The Kier molecular flexibility index (Phi) is 9.98. The second-order valence-electron chi connectivity index (χ2n) is 13.2. The van der Waals surface area contributed by atoms with Crippen molar-refractivity contribution in [3.8, 4) is 0 Å². The molecule has 1 saturated heterocycles. The molecule has 7 rings (SSSR count). The average Bonchev–Trinajstić information content (AvgIpc) is 3.89. The lowest BCUT2D eigenvalue weighted by Crippen LogP contribution is -2.42. The molecule has 1 unspecified atom stereocenters. The number of aliphatic hydroxyl groups excluding tert-OH is 2. The van der Waals surface area contributed by atoms with Crippen LogP contribution in [-0.4, -0.2) is 95.7 Å². The van der Waals surface area contributed by atoms with Crippen molar-refractivity contribution in [1.82, 2.24) is 35.1 Å². The summed E-state index contributed by atoms with van der Waals surface area (Å²) >= 11 is 0. The van der Waals surface area contributed by atoms with Crippen LogP contribution in [0.2, 0.25) is 0 Å². The summed E-state index contributed by atoms with van der Waals surface area (Å²) in [5.74, 6) is 0.498. The molecule has 0 radical (unpaired) electrons. The van der Waals surface area contributed by atoms with Crippen molar-refractivity contribution in [1.29, 1.82) is 0 Å². The minimum Gasteiger partial charge on any atom is -0.388 e. The number of carbonyl (C=O) groups is 2. The average molecular weight is 707 g/mol. The van der Waals surface area contributed by atoms with Crippen molar-refractivity contribution in [2.45, 2.75) is 62.1 Å². The highest BCUT2D eigenvalue weighted by Crippen LogP contribution is 2.36. The van der Waals surface area contributed by atoms with Gasteiger partial charge in [-0.05, 0) is 36.1 Å². The van der Waals surface area contributed by atoms with Crippen LogP contribution in [0, 0.1) is 0 Å². The number of nitrogens with one attached hydrogen (secondary N) is 4. The van der Waals surface area contributed by atoms with E-state index < -0.39 is 29.9 Å². The monoisotopic (exact) mass is 706 g/mol. The van der Waals surface area contributed by atoms with Crippen LogP contribution >= 0.6 is 0 Å². The third-order valence-corrected chi connectivity index (χ3v) is 9.83. The molecule has 1 aliphatic heterocycles. The standard InChI is InChI=1S/C37H42N10O5/c1-2-29(48)43-27-18-28(32(50)31(27)49)47-22-40-30-33(39-21-37(52,23-10-5-3-6-11-23)24-12-7-4-8-13-24)44-35(45-34(30)47)46-17-15-26(20-46)42-36(51)41-25-14-9-16-38-19-25/h3-14,16,19,22,26-28,31-32,49-50,52H,2,15,17-18,20-21H2,1H3,(H,43,48)(H,39,44,45)(H2,41,42,51)/t26?,27-,28+,31+,32-/m0/s1. The van der Waals surface area contributed by atoms with E-state index in [1.807, 2.05) is 65.6 Å². The third-order valence-electron chi connectivity index (χ3n) is 9.83. The Morgan fingerprint density at radius 1 is 0.942 bits per heavy atom. The number of aliphatic hydroxyl groups is 3. The summed E-state index contributed by atoms with van der Waals surface area (Å²) in [6.45, 7) is 2.73. The van der Waals surface area contributed by atoms with Gasteiger partial charge in [0.05, 0.1) is 36.8 Å². The van der Waals surface area contributed by atoms with Gasteiger partial charge in [-0.1, -0.05) is 67.6 Å². The Morgan fingerprint density at radius 2 is 1.67 bits per heavy atom. The predicted molar refractivity (Wildman–Crippen MR) is 195 cm³/mol. The first-order valence-electron chi connectivity index (χ1n) is 17.4. The zero-order valence-electron chi connectivity index (χ0n) is 28.6. The number of urea groups is 1. The maximum Gasteiger partial charge on any atom is 0.319 e. The zero-order valence-corrected chi connectivity index (χ0v) is 28.6. The summed E-state index contributed by atoms with van der Waals surface area (Å²) in [6.07, 6.45) is 3.50. The van der Waals surface area contributed by atoms with Crippen molar-refractivity contribution in [3.05, 3.63) is 103 Å². The maximum absolute atomic E-state index is 12.8. The maximum atomic E-state index is 12.8. The van der Waals surface area contributed by atoms with Gasteiger partial charge in [0.15, 0.2) is 17.0 Å². The van der Waals surface area contributed by atoms with Gasteiger partial charge in [0.2, 0.25) is 11.9 Å². The lowest BCUT2D eigenvalue weighted by molar-refractivity contribution is -0.122. The predicted octanol–water partition coefficient (Wildman–Crippen LogP) is 2.53. The van der Waals surface area contributed by atoms with Crippen LogP contribution < -0.4 is 26.2 Å². The number of amides is 3. The summed E-state index contributed by atoms with van der Waals surface area (Å²) in [7, 11) is 0. The van der Waals surface area contributed by atoms with Crippen molar-refractivity contribution >= 4 is 40.6 Å². The van der Waals surface area contributed by atoms with Gasteiger partial charge in [0, 0.05) is 31.7 Å². The minimum absolute atomic E-state index is 0.0357. The van der Waals surface area contributed by atoms with Gasteiger partial charge in [-0.15, -0.1) is 0 Å². The number of aromatic nitrogens is 5. The smallest absolute Gasteiger partial charge is 0.319 e. The van der Waals surface area contributed by atoms with Crippen LogP contribution in [-0.2, 0) is 10.4 Å². The van der Waals surface area contributed by atoms with E-state index in [2.05, 4.69) is 31.2 Å².